The highest BCUT2D eigenvalue weighted by molar-refractivity contribution is 6.04. The number of nitrogens with zero attached hydrogens (tertiary/aromatic N) is 2. The molecule has 0 saturated heterocycles. The van der Waals surface area contributed by atoms with Gasteiger partial charge in [0.1, 0.15) is 0 Å². The van der Waals surface area contributed by atoms with E-state index < -0.39 is 0 Å². The minimum atomic E-state index is 0.293. The van der Waals surface area contributed by atoms with Crippen molar-refractivity contribution in [1.29, 1.82) is 0 Å². The number of hydrogen-bond acceptors (Lipinski definition) is 4. The maximum Gasteiger partial charge on any atom is 0.0650 e. The zero-order chi connectivity index (χ0) is 26.1. The maximum atomic E-state index is 4.89. The van der Waals surface area contributed by atoms with Gasteiger partial charge in [-0.2, -0.15) is 0 Å². The van der Waals surface area contributed by atoms with Crippen molar-refractivity contribution in [2.45, 2.75) is 69.9 Å². The van der Waals surface area contributed by atoms with E-state index in [1.165, 1.54) is 75.2 Å². The molecule has 6 aliphatic rings. The Kier molecular flexibility index (Phi) is 5.50. The zero-order valence-corrected chi connectivity index (χ0v) is 22.9. The first-order valence-corrected chi connectivity index (χ1v) is 14.7. The Bertz CT molecular complexity index is 1560. The summed E-state index contributed by atoms with van der Waals surface area (Å²) < 4.78 is 0. The zero-order valence-electron chi connectivity index (χ0n) is 22.9. The predicted octanol–water partition coefficient (Wildman–Crippen LogP) is 6.93. The minimum Gasteiger partial charge on any atom is -0.302 e. The smallest absolute Gasteiger partial charge is 0.0650 e. The van der Waals surface area contributed by atoms with Gasteiger partial charge in [0.25, 0.3) is 0 Å². The largest absolute Gasteiger partial charge is 0.302 e. The summed E-state index contributed by atoms with van der Waals surface area (Å²) >= 11 is 0. The molecule has 2 bridgehead atoms. The van der Waals surface area contributed by atoms with Crippen LogP contribution in [-0.4, -0.2) is 36.6 Å². The first-order chi connectivity index (χ1) is 19.1. The number of nitrogens with one attached hydrogen (secondary N) is 2. The second-order valence-electron chi connectivity index (χ2n) is 12.4. The SMILES string of the molecule is CC1=C[C@@H](C2=NC=C(c3ccc(-c4ccc(C5=CN=C([C@@H]6C=C(C)CN6)C5)c5c4C4CCC5C4)cc3)C2)NC1. The van der Waals surface area contributed by atoms with E-state index in [4.69, 9.17) is 9.98 Å². The summed E-state index contributed by atoms with van der Waals surface area (Å²) in [5.41, 5.74) is 16.8. The van der Waals surface area contributed by atoms with Crippen LogP contribution in [0.2, 0.25) is 0 Å². The van der Waals surface area contributed by atoms with E-state index in [9.17, 15) is 0 Å². The van der Waals surface area contributed by atoms with E-state index in [1.807, 2.05) is 0 Å². The summed E-state index contributed by atoms with van der Waals surface area (Å²) in [5.74, 6) is 1.41. The summed E-state index contributed by atoms with van der Waals surface area (Å²) in [6, 6.07) is 14.7. The molecule has 2 aliphatic carbocycles. The van der Waals surface area contributed by atoms with Gasteiger partial charge in [0.05, 0.1) is 12.1 Å². The number of rotatable bonds is 5. The van der Waals surface area contributed by atoms with Gasteiger partial charge in [-0.15, -0.1) is 0 Å². The lowest BCUT2D eigenvalue weighted by Crippen LogP contribution is -2.30. The normalized spacial score (nSPS) is 28.8. The lowest BCUT2D eigenvalue weighted by atomic mass is 9.80. The van der Waals surface area contributed by atoms with Crippen molar-refractivity contribution >= 4 is 22.6 Å². The van der Waals surface area contributed by atoms with Crippen molar-refractivity contribution in [1.82, 2.24) is 10.6 Å². The number of hydrogen-bond donors (Lipinski definition) is 2. The summed E-state index contributed by atoms with van der Waals surface area (Å²) in [7, 11) is 0. The van der Waals surface area contributed by atoms with E-state index in [0.29, 0.717) is 23.9 Å². The van der Waals surface area contributed by atoms with Gasteiger partial charge in [0.15, 0.2) is 0 Å². The summed E-state index contributed by atoms with van der Waals surface area (Å²) in [5, 5.41) is 7.16. The molecule has 39 heavy (non-hydrogen) atoms. The van der Waals surface area contributed by atoms with Crippen molar-refractivity contribution in [2.75, 3.05) is 13.1 Å². The van der Waals surface area contributed by atoms with E-state index in [0.717, 1.165) is 25.9 Å². The number of allylic oxidation sites excluding steroid dienone is 2. The lowest BCUT2D eigenvalue weighted by molar-refractivity contribution is 0.717. The maximum absolute atomic E-state index is 4.89. The molecular formula is C35H36N4. The van der Waals surface area contributed by atoms with Crippen LogP contribution in [-0.2, 0) is 0 Å². The van der Waals surface area contributed by atoms with Gasteiger partial charge in [0.2, 0.25) is 0 Å². The van der Waals surface area contributed by atoms with Gasteiger partial charge in [0, 0.05) is 49.8 Å². The molecule has 1 fully saturated rings. The fourth-order valence-electron chi connectivity index (χ4n) is 7.81. The molecule has 0 amide bonds. The van der Waals surface area contributed by atoms with Crippen LogP contribution in [0, 0.1) is 0 Å². The fraction of sp³-hybridized carbons (Fsp3) is 0.371. The van der Waals surface area contributed by atoms with Crippen LogP contribution in [0.15, 0.2) is 82.1 Å². The van der Waals surface area contributed by atoms with Crippen LogP contribution >= 0.6 is 0 Å². The standard InChI is InChI=1S/C35H36N4/c1-20-11-30(36-16-20)32-14-26(18-38-32)22-3-5-23(6-4-22)28-9-10-29(35-25-8-7-24(13-25)34(28)35)27-15-33(39-19-27)31-12-21(2)17-37-31/h3-6,9-12,18-19,24-25,30-31,36-37H,7-8,13-17H2,1-2H3/t24?,25?,30-,31-/m0/s1. The van der Waals surface area contributed by atoms with Gasteiger partial charge >= 0.3 is 0 Å². The van der Waals surface area contributed by atoms with Crippen LogP contribution in [0.25, 0.3) is 22.3 Å². The molecule has 0 spiro atoms. The molecule has 4 atom stereocenters. The molecule has 2 aromatic rings. The lowest BCUT2D eigenvalue weighted by Gasteiger charge is -2.23. The molecule has 4 heteroatoms. The van der Waals surface area contributed by atoms with E-state index in [-0.39, 0.29) is 0 Å². The third-order valence-corrected chi connectivity index (χ3v) is 9.79. The highest BCUT2D eigenvalue weighted by atomic mass is 15.0. The van der Waals surface area contributed by atoms with Gasteiger partial charge in [-0.05, 0) is 89.5 Å². The molecule has 4 nitrogen and oxygen atoms in total. The van der Waals surface area contributed by atoms with Gasteiger partial charge < -0.3 is 10.6 Å². The highest BCUT2D eigenvalue weighted by Gasteiger charge is 2.41. The first kappa shape index (κ1) is 23.5. The van der Waals surface area contributed by atoms with Crippen molar-refractivity contribution in [3.8, 4) is 11.1 Å². The summed E-state index contributed by atoms with van der Waals surface area (Å²) in [4.78, 5) is 9.66. The second-order valence-corrected chi connectivity index (χ2v) is 12.4. The summed E-state index contributed by atoms with van der Waals surface area (Å²) in [6.07, 6.45) is 14.8. The molecule has 0 radical (unpaired) electrons. The van der Waals surface area contributed by atoms with E-state index in [1.54, 1.807) is 11.1 Å². The number of fused-ring (bicyclic) bond motifs is 5. The average Bonchev–Trinajstić information content (AvgIpc) is 3.79. The molecule has 8 rings (SSSR count). The van der Waals surface area contributed by atoms with Crippen molar-refractivity contribution < 1.29 is 0 Å². The minimum absolute atomic E-state index is 0.293. The Morgan fingerprint density at radius 3 is 1.79 bits per heavy atom. The Morgan fingerprint density at radius 2 is 1.18 bits per heavy atom. The first-order valence-electron chi connectivity index (χ1n) is 14.7. The summed E-state index contributed by atoms with van der Waals surface area (Å²) in [6.45, 7) is 6.34. The molecule has 4 heterocycles. The van der Waals surface area contributed by atoms with Gasteiger partial charge in [-0.25, -0.2) is 0 Å². The monoisotopic (exact) mass is 512 g/mol. The van der Waals surface area contributed by atoms with Gasteiger partial charge in [-0.1, -0.05) is 59.7 Å². The van der Waals surface area contributed by atoms with Crippen LogP contribution in [0.4, 0.5) is 0 Å². The third-order valence-electron chi connectivity index (χ3n) is 9.79. The average molecular weight is 513 g/mol. The topological polar surface area (TPSA) is 48.8 Å². The Morgan fingerprint density at radius 1 is 0.641 bits per heavy atom. The molecule has 4 aliphatic heterocycles. The van der Waals surface area contributed by atoms with Crippen LogP contribution in [0.1, 0.15) is 80.0 Å². The predicted molar refractivity (Wildman–Crippen MR) is 162 cm³/mol. The Labute approximate surface area is 231 Å². The molecular weight excluding hydrogens is 476 g/mol. The number of benzene rings is 2. The number of aliphatic imine (C=N–C) groups is 2. The molecule has 1 saturated carbocycles. The van der Waals surface area contributed by atoms with Crippen molar-refractivity contribution in [2.24, 2.45) is 9.98 Å². The van der Waals surface area contributed by atoms with Crippen molar-refractivity contribution in [3.05, 3.63) is 94.4 Å². The molecule has 2 unspecified atom stereocenters. The molecule has 2 aromatic carbocycles. The molecule has 0 aromatic heterocycles. The Hall–Kier alpha value is -3.34. The van der Waals surface area contributed by atoms with Crippen molar-refractivity contribution in [3.63, 3.8) is 0 Å². The van der Waals surface area contributed by atoms with Crippen LogP contribution in [0.5, 0.6) is 0 Å². The van der Waals surface area contributed by atoms with E-state index in [2.05, 4.69) is 85.4 Å². The van der Waals surface area contributed by atoms with E-state index >= 15 is 0 Å². The quantitative estimate of drug-likeness (QED) is 0.427. The molecule has 2 N–H and O–H groups in total. The third kappa shape index (κ3) is 3.96. The van der Waals surface area contributed by atoms with Crippen LogP contribution < -0.4 is 10.6 Å². The fourth-order valence-corrected chi connectivity index (χ4v) is 7.81. The molecule has 196 valence electrons. The second kappa shape index (κ2) is 9.11. The Balaban J connectivity index is 1.05. The van der Waals surface area contributed by atoms with Crippen LogP contribution in [0.3, 0.4) is 0 Å². The highest BCUT2D eigenvalue weighted by Crippen LogP contribution is 2.58. The van der Waals surface area contributed by atoms with Gasteiger partial charge in [-0.3, -0.25) is 9.98 Å².